The van der Waals surface area contributed by atoms with Gasteiger partial charge in [0.1, 0.15) is 11.7 Å². The molecule has 0 radical (unpaired) electrons. The number of nitrogens with zero attached hydrogens (tertiary/aromatic N) is 3. The summed E-state index contributed by atoms with van der Waals surface area (Å²) in [6.07, 6.45) is 2.04. The second kappa shape index (κ2) is 5.54. The van der Waals surface area contributed by atoms with Crippen molar-refractivity contribution >= 4 is 17.2 Å². The van der Waals surface area contributed by atoms with Crippen LogP contribution in [0.5, 0.6) is 0 Å². The fourth-order valence-corrected chi connectivity index (χ4v) is 3.09. The van der Waals surface area contributed by atoms with Crippen molar-refractivity contribution in [2.45, 2.75) is 25.8 Å². The van der Waals surface area contributed by atoms with Crippen LogP contribution in [0.25, 0.3) is 10.7 Å². The quantitative estimate of drug-likeness (QED) is 0.873. The van der Waals surface area contributed by atoms with Crippen molar-refractivity contribution in [3.8, 4) is 10.7 Å². The van der Waals surface area contributed by atoms with Crippen LogP contribution in [0.15, 0.2) is 29.8 Å². The van der Waals surface area contributed by atoms with Gasteiger partial charge in [0.25, 0.3) is 0 Å². The van der Waals surface area contributed by atoms with Gasteiger partial charge in [-0.3, -0.25) is 9.78 Å². The van der Waals surface area contributed by atoms with Gasteiger partial charge in [-0.25, -0.2) is 4.98 Å². The predicted molar refractivity (Wildman–Crippen MR) is 80.8 cm³/mol. The number of hydrogen-bond acceptors (Lipinski definition) is 5. The Morgan fingerprint density at radius 3 is 3.00 bits per heavy atom. The first-order chi connectivity index (χ1) is 10.1. The van der Waals surface area contributed by atoms with Crippen LogP contribution in [0.3, 0.4) is 0 Å². The molecule has 0 unspecified atom stereocenters. The highest BCUT2D eigenvalue weighted by molar-refractivity contribution is 7.13. The molecule has 6 heteroatoms. The summed E-state index contributed by atoms with van der Waals surface area (Å²) in [4.78, 5) is 22.9. The fourth-order valence-electron chi connectivity index (χ4n) is 2.29. The Hall–Kier alpha value is -1.79. The molecule has 0 aromatic carbocycles. The monoisotopic (exact) mass is 303 g/mol. The lowest BCUT2D eigenvalue weighted by atomic mass is 10.1. The first kappa shape index (κ1) is 14.2. The molecule has 0 N–H and O–H groups in total. The van der Waals surface area contributed by atoms with E-state index in [-0.39, 0.29) is 11.4 Å². The second-order valence-electron chi connectivity index (χ2n) is 5.65. The standard InChI is InChI=1S/C15H17N3O2S/c1-15(2)9-20-10-18(15)13(19)7-11-8-21-14(17-11)12-5-3-4-6-16-12/h3-6,8H,7,9-10H2,1-2H3. The van der Waals surface area contributed by atoms with E-state index in [1.165, 1.54) is 11.3 Å². The van der Waals surface area contributed by atoms with Gasteiger partial charge in [0.15, 0.2) is 0 Å². The van der Waals surface area contributed by atoms with E-state index in [9.17, 15) is 4.79 Å². The third-order valence-corrected chi connectivity index (χ3v) is 4.39. The number of ether oxygens (including phenoxy) is 1. The van der Waals surface area contributed by atoms with Crippen LogP contribution in [0.1, 0.15) is 19.5 Å². The van der Waals surface area contributed by atoms with Crippen LogP contribution in [-0.2, 0) is 16.0 Å². The van der Waals surface area contributed by atoms with Gasteiger partial charge < -0.3 is 9.64 Å². The highest BCUT2D eigenvalue weighted by Crippen LogP contribution is 2.25. The van der Waals surface area contributed by atoms with Crippen molar-refractivity contribution in [2.24, 2.45) is 0 Å². The van der Waals surface area contributed by atoms with Crippen LogP contribution in [0.4, 0.5) is 0 Å². The number of hydrogen-bond donors (Lipinski definition) is 0. The van der Waals surface area contributed by atoms with E-state index in [1.54, 1.807) is 11.1 Å². The Kier molecular flexibility index (Phi) is 3.73. The zero-order chi connectivity index (χ0) is 14.9. The lowest BCUT2D eigenvalue weighted by molar-refractivity contribution is -0.134. The van der Waals surface area contributed by atoms with Crippen molar-refractivity contribution in [3.05, 3.63) is 35.5 Å². The van der Waals surface area contributed by atoms with E-state index in [0.717, 1.165) is 16.4 Å². The van der Waals surface area contributed by atoms with Gasteiger partial charge >= 0.3 is 0 Å². The average Bonchev–Trinajstić information content (AvgIpc) is 3.06. The molecule has 3 heterocycles. The lowest BCUT2D eigenvalue weighted by Gasteiger charge is -2.28. The van der Waals surface area contributed by atoms with Crippen molar-refractivity contribution in [3.63, 3.8) is 0 Å². The average molecular weight is 303 g/mol. The molecular weight excluding hydrogens is 286 g/mol. The lowest BCUT2D eigenvalue weighted by Crippen LogP contribution is -2.45. The van der Waals surface area contributed by atoms with Crippen LogP contribution in [0, 0.1) is 0 Å². The smallest absolute Gasteiger partial charge is 0.230 e. The normalized spacial score (nSPS) is 17.1. The maximum atomic E-state index is 12.4. The molecule has 0 atom stereocenters. The minimum absolute atomic E-state index is 0.0513. The molecular formula is C15H17N3O2S. The summed E-state index contributed by atoms with van der Waals surface area (Å²) in [7, 11) is 0. The molecule has 1 aliphatic rings. The minimum Gasteiger partial charge on any atom is -0.359 e. The van der Waals surface area contributed by atoms with Gasteiger partial charge in [0.05, 0.1) is 30.0 Å². The second-order valence-corrected chi connectivity index (χ2v) is 6.51. The van der Waals surface area contributed by atoms with Crippen LogP contribution >= 0.6 is 11.3 Å². The number of carbonyl (C=O) groups is 1. The van der Waals surface area contributed by atoms with Crippen molar-refractivity contribution in [1.82, 2.24) is 14.9 Å². The fraction of sp³-hybridized carbons (Fsp3) is 0.400. The van der Waals surface area contributed by atoms with E-state index in [4.69, 9.17) is 4.74 Å². The molecule has 1 fully saturated rings. The van der Waals surface area contributed by atoms with Crippen molar-refractivity contribution in [1.29, 1.82) is 0 Å². The Morgan fingerprint density at radius 1 is 1.48 bits per heavy atom. The maximum absolute atomic E-state index is 12.4. The molecule has 0 aliphatic carbocycles. The van der Waals surface area contributed by atoms with Gasteiger partial charge in [-0.1, -0.05) is 6.07 Å². The topological polar surface area (TPSA) is 55.3 Å². The summed E-state index contributed by atoms with van der Waals surface area (Å²) in [6, 6.07) is 5.72. The molecule has 0 spiro atoms. The number of rotatable bonds is 3. The summed E-state index contributed by atoms with van der Waals surface area (Å²) in [6.45, 7) is 4.97. The molecule has 5 nitrogen and oxygen atoms in total. The number of thiazole rings is 1. The summed E-state index contributed by atoms with van der Waals surface area (Å²) in [5.41, 5.74) is 1.39. The first-order valence-electron chi connectivity index (χ1n) is 6.80. The third-order valence-electron chi connectivity index (χ3n) is 3.48. The largest absolute Gasteiger partial charge is 0.359 e. The van der Waals surface area contributed by atoms with Crippen molar-refractivity contribution in [2.75, 3.05) is 13.3 Å². The Morgan fingerprint density at radius 2 is 2.33 bits per heavy atom. The molecule has 3 rings (SSSR count). The Balaban J connectivity index is 1.72. The van der Waals surface area contributed by atoms with Crippen LogP contribution in [-0.4, -0.2) is 39.7 Å². The third kappa shape index (κ3) is 2.96. The molecule has 110 valence electrons. The molecule has 21 heavy (non-hydrogen) atoms. The molecule has 0 saturated carbocycles. The van der Waals surface area contributed by atoms with Gasteiger partial charge in [-0.2, -0.15) is 0 Å². The first-order valence-corrected chi connectivity index (χ1v) is 7.68. The van der Waals surface area contributed by atoms with E-state index >= 15 is 0 Å². The van der Waals surface area contributed by atoms with E-state index < -0.39 is 0 Å². The number of aromatic nitrogens is 2. The molecule has 2 aromatic rings. The maximum Gasteiger partial charge on any atom is 0.230 e. The van der Waals surface area contributed by atoms with Gasteiger partial charge in [0.2, 0.25) is 5.91 Å². The Bertz CT molecular complexity index is 639. The minimum atomic E-state index is -0.239. The molecule has 1 saturated heterocycles. The molecule has 1 amide bonds. The van der Waals surface area contributed by atoms with Gasteiger partial charge in [-0.05, 0) is 26.0 Å². The predicted octanol–water partition coefficient (Wildman–Crippen LogP) is 2.34. The highest BCUT2D eigenvalue weighted by atomic mass is 32.1. The number of carbonyl (C=O) groups excluding carboxylic acids is 1. The summed E-state index contributed by atoms with van der Waals surface area (Å²) in [5, 5.41) is 2.77. The van der Waals surface area contributed by atoms with E-state index in [0.29, 0.717) is 19.8 Å². The van der Waals surface area contributed by atoms with E-state index in [2.05, 4.69) is 9.97 Å². The van der Waals surface area contributed by atoms with Crippen molar-refractivity contribution < 1.29 is 9.53 Å². The zero-order valence-corrected chi connectivity index (χ0v) is 12.9. The Labute approximate surface area is 127 Å². The summed E-state index contributed by atoms with van der Waals surface area (Å²) >= 11 is 1.51. The number of pyridine rings is 1. The highest BCUT2D eigenvalue weighted by Gasteiger charge is 2.36. The summed E-state index contributed by atoms with van der Waals surface area (Å²) in [5.74, 6) is 0.0513. The number of amides is 1. The van der Waals surface area contributed by atoms with Crippen LogP contribution < -0.4 is 0 Å². The SMILES string of the molecule is CC1(C)COCN1C(=O)Cc1csc(-c2ccccn2)n1. The van der Waals surface area contributed by atoms with Gasteiger partial charge in [0, 0.05) is 11.6 Å². The summed E-state index contributed by atoms with van der Waals surface area (Å²) < 4.78 is 5.38. The van der Waals surface area contributed by atoms with E-state index in [1.807, 2.05) is 37.4 Å². The van der Waals surface area contributed by atoms with Crippen LogP contribution in [0.2, 0.25) is 0 Å². The molecule has 0 bridgehead atoms. The zero-order valence-electron chi connectivity index (χ0n) is 12.1. The van der Waals surface area contributed by atoms with Gasteiger partial charge in [-0.15, -0.1) is 11.3 Å². The molecule has 1 aliphatic heterocycles. The molecule has 2 aromatic heterocycles.